The van der Waals surface area contributed by atoms with Crippen LogP contribution in [0.15, 0.2) is 46.5 Å². The molecule has 0 N–H and O–H groups in total. The fourth-order valence-electron chi connectivity index (χ4n) is 4.67. The summed E-state index contributed by atoms with van der Waals surface area (Å²) in [5, 5.41) is 0.811. The maximum atomic E-state index is 13.2. The number of rotatable bonds is 9. The Balaban J connectivity index is 1.48. The molecule has 2 fully saturated rings. The van der Waals surface area contributed by atoms with E-state index in [1.54, 1.807) is 38.1 Å². The number of thioether (sulfide) groups is 1. The summed E-state index contributed by atoms with van der Waals surface area (Å²) in [7, 11) is -0.352. The highest BCUT2D eigenvalue weighted by Crippen LogP contribution is 2.36. The van der Waals surface area contributed by atoms with Crippen LogP contribution in [0.5, 0.6) is 11.5 Å². The minimum atomic E-state index is -3.61. The predicted octanol–water partition coefficient (Wildman–Crippen LogP) is 3.55. The third-order valence-corrected chi connectivity index (χ3v) is 9.46. The van der Waals surface area contributed by atoms with Crippen molar-refractivity contribution in [3.63, 3.8) is 0 Å². The predicted molar refractivity (Wildman–Crippen MR) is 137 cm³/mol. The molecule has 0 saturated carbocycles. The Labute approximate surface area is 215 Å². The topological polar surface area (TPSA) is 92.1 Å². The molecule has 2 aromatic carbocycles. The Bertz CT molecular complexity index is 1310. The lowest BCUT2D eigenvalue weighted by molar-refractivity contribution is 0.0730. The first-order valence-corrected chi connectivity index (χ1v) is 14.5. The molecule has 0 amide bonds. The Hall–Kier alpha value is -2.31. The van der Waals surface area contributed by atoms with Crippen LogP contribution in [-0.4, -0.2) is 75.5 Å². The van der Waals surface area contributed by atoms with E-state index >= 15 is 0 Å². The lowest BCUT2D eigenvalue weighted by Crippen LogP contribution is -2.40. The van der Waals surface area contributed by atoms with Gasteiger partial charge in [-0.2, -0.15) is 4.31 Å². The van der Waals surface area contributed by atoms with E-state index in [1.165, 1.54) is 4.31 Å². The molecule has 5 rings (SSSR count). The molecule has 9 nitrogen and oxygen atoms in total. The van der Waals surface area contributed by atoms with Crippen molar-refractivity contribution >= 4 is 32.8 Å². The van der Waals surface area contributed by atoms with Gasteiger partial charge in [0.25, 0.3) is 0 Å². The molecule has 3 aromatic rings. The van der Waals surface area contributed by atoms with Gasteiger partial charge in [0.1, 0.15) is 0 Å². The van der Waals surface area contributed by atoms with Crippen LogP contribution >= 0.6 is 11.8 Å². The Morgan fingerprint density at radius 1 is 1.11 bits per heavy atom. The van der Waals surface area contributed by atoms with E-state index in [0.29, 0.717) is 55.6 Å². The molecule has 36 heavy (non-hydrogen) atoms. The number of morpholine rings is 1. The average Bonchev–Trinajstić information content (AvgIpc) is 3.55. The number of hydrogen-bond donors (Lipinski definition) is 0. The lowest BCUT2D eigenvalue weighted by Gasteiger charge is -2.26. The molecule has 0 unspecified atom stereocenters. The normalized spacial score (nSPS) is 19.1. The first-order chi connectivity index (χ1) is 17.5. The highest BCUT2D eigenvalue weighted by Gasteiger charge is 2.28. The van der Waals surface area contributed by atoms with E-state index in [-0.39, 0.29) is 11.0 Å². The van der Waals surface area contributed by atoms with E-state index in [0.717, 1.165) is 35.7 Å². The second-order valence-electron chi connectivity index (χ2n) is 8.75. The van der Waals surface area contributed by atoms with E-state index in [4.69, 9.17) is 23.9 Å². The van der Waals surface area contributed by atoms with Gasteiger partial charge in [0.15, 0.2) is 16.7 Å². The molecule has 3 heterocycles. The third-order valence-electron chi connectivity index (χ3n) is 6.54. The molecule has 11 heteroatoms. The van der Waals surface area contributed by atoms with Gasteiger partial charge in [-0.25, -0.2) is 13.4 Å². The number of ether oxygens (including phenoxy) is 4. The highest BCUT2D eigenvalue weighted by atomic mass is 32.2. The van der Waals surface area contributed by atoms with Crippen molar-refractivity contribution in [1.29, 1.82) is 0 Å². The SMILES string of the molecule is COc1cccc(CSc2nc3cc(S(=O)(=O)N4CCOCC4)ccc3n2C[C@@H]2CCCO2)c1OC. The summed E-state index contributed by atoms with van der Waals surface area (Å²) < 4.78 is 52.4. The molecular weight excluding hydrogens is 502 g/mol. The second-order valence-corrected chi connectivity index (χ2v) is 11.6. The highest BCUT2D eigenvalue weighted by molar-refractivity contribution is 7.98. The van der Waals surface area contributed by atoms with E-state index < -0.39 is 10.0 Å². The molecule has 0 spiro atoms. The smallest absolute Gasteiger partial charge is 0.243 e. The summed E-state index contributed by atoms with van der Waals surface area (Å²) in [4.78, 5) is 5.13. The van der Waals surface area contributed by atoms with Crippen molar-refractivity contribution in [3.05, 3.63) is 42.0 Å². The van der Waals surface area contributed by atoms with Crippen molar-refractivity contribution in [3.8, 4) is 11.5 Å². The van der Waals surface area contributed by atoms with Gasteiger partial charge in [0.05, 0.1) is 56.0 Å². The molecule has 2 aliphatic heterocycles. The standard InChI is InChI=1S/C25H31N3O6S2/c1-31-23-7-3-5-18(24(23)32-2)17-35-25-26-21-15-20(36(29,30)27-10-13-33-14-11-27)8-9-22(21)28(25)16-19-6-4-12-34-19/h3,5,7-9,15,19H,4,6,10-14,16-17H2,1-2H3/t19-/m0/s1. The van der Waals surface area contributed by atoms with Gasteiger partial charge < -0.3 is 23.5 Å². The number of aromatic nitrogens is 2. The number of imidazole rings is 1. The first-order valence-electron chi connectivity index (χ1n) is 12.0. The summed E-state index contributed by atoms with van der Waals surface area (Å²) in [6, 6.07) is 11.0. The van der Waals surface area contributed by atoms with Crippen LogP contribution in [0.2, 0.25) is 0 Å². The van der Waals surface area contributed by atoms with Crippen LogP contribution in [-0.2, 0) is 31.8 Å². The summed E-state index contributed by atoms with van der Waals surface area (Å²) in [5.41, 5.74) is 2.54. The van der Waals surface area contributed by atoms with E-state index in [1.807, 2.05) is 24.3 Å². The zero-order valence-corrected chi connectivity index (χ0v) is 22.1. The van der Waals surface area contributed by atoms with Crippen LogP contribution in [0.25, 0.3) is 11.0 Å². The number of para-hydroxylation sites is 1. The fourth-order valence-corrected chi connectivity index (χ4v) is 7.10. The third kappa shape index (κ3) is 5.08. The van der Waals surface area contributed by atoms with Crippen molar-refractivity contribution in [2.45, 2.75) is 41.3 Å². The quantitative estimate of drug-likeness (QED) is 0.386. The van der Waals surface area contributed by atoms with Crippen molar-refractivity contribution < 1.29 is 27.4 Å². The van der Waals surface area contributed by atoms with Crippen LogP contribution in [0.3, 0.4) is 0 Å². The van der Waals surface area contributed by atoms with E-state index in [9.17, 15) is 8.42 Å². The molecule has 0 radical (unpaired) electrons. The largest absolute Gasteiger partial charge is 0.493 e. The maximum absolute atomic E-state index is 13.2. The summed E-state index contributed by atoms with van der Waals surface area (Å²) >= 11 is 1.58. The monoisotopic (exact) mass is 533 g/mol. The minimum absolute atomic E-state index is 0.116. The van der Waals surface area contributed by atoms with Gasteiger partial charge in [0.2, 0.25) is 10.0 Å². The van der Waals surface area contributed by atoms with Crippen LogP contribution in [0.1, 0.15) is 18.4 Å². The van der Waals surface area contributed by atoms with Crippen molar-refractivity contribution in [2.75, 3.05) is 47.1 Å². The molecule has 2 saturated heterocycles. The molecule has 1 atom stereocenters. The van der Waals surface area contributed by atoms with Gasteiger partial charge in [-0.1, -0.05) is 23.9 Å². The average molecular weight is 534 g/mol. The van der Waals surface area contributed by atoms with Gasteiger partial charge in [-0.3, -0.25) is 0 Å². The van der Waals surface area contributed by atoms with Crippen LogP contribution < -0.4 is 9.47 Å². The van der Waals surface area contributed by atoms with Crippen LogP contribution in [0, 0.1) is 0 Å². The minimum Gasteiger partial charge on any atom is -0.493 e. The number of hydrogen-bond acceptors (Lipinski definition) is 8. The number of nitrogens with zero attached hydrogens (tertiary/aromatic N) is 3. The summed E-state index contributed by atoms with van der Waals surface area (Å²) in [6.45, 7) is 2.97. The molecule has 0 bridgehead atoms. The number of sulfonamides is 1. The zero-order valence-electron chi connectivity index (χ0n) is 20.5. The maximum Gasteiger partial charge on any atom is 0.243 e. The van der Waals surface area contributed by atoms with Gasteiger partial charge in [0, 0.05) is 31.0 Å². The molecule has 2 aliphatic rings. The Morgan fingerprint density at radius 3 is 2.67 bits per heavy atom. The number of fused-ring (bicyclic) bond motifs is 1. The molecule has 194 valence electrons. The number of benzene rings is 2. The second kappa shape index (κ2) is 11.0. The first kappa shape index (κ1) is 25.3. The molecule has 0 aliphatic carbocycles. The van der Waals surface area contributed by atoms with Crippen LogP contribution in [0.4, 0.5) is 0 Å². The van der Waals surface area contributed by atoms with Crippen molar-refractivity contribution in [1.82, 2.24) is 13.9 Å². The Kier molecular flexibility index (Phi) is 7.73. The molecule has 1 aromatic heterocycles. The lowest BCUT2D eigenvalue weighted by atomic mass is 10.2. The Morgan fingerprint density at radius 2 is 1.94 bits per heavy atom. The molecular formula is C25H31N3O6S2. The zero-order chi connectivity index (χ0) is 25.1. The summed E-state index contributed by atoms with van der Waals surface area (Å²) in [6.07, 6.45) is 2.16. The number of methoxy groups -OCH3 is 2. The fraction of sp³-hybridized carbons (Fsp3) is 0.480. The van der Waals surface area contributed by atoms with Gasteiger partial charge >= 0.3 is 0 Å². The van der Waals surface area contributed by atoms with E-state index in [2.05, 4.69) is 4.57 Å². The van der Waals surface area contributed by atoms with Gasteiger partial charge in [-0.05, 0) is 37.1 Å². The van der Waals surface area contributed by atoms with Crippen molar-refractivity contribution in [2.24, 2.45) is 0 Å². The summed E-state index contributed by atoms with van der Waals surface area (Å²) in [5.74, 6) is 2.00. The van der Waals surface area contributed by atoms with Gasteiger partial charge in [-0.15, -0.1) is 0 Å².